The molecule has 1 N–H and O–H groups in total. The monoisotopic (exact) mass is 429 g/mol. The van der Waals surface area contributed by atoms with Gasteiger partial charge in [0.1, 0.15) is 6.61 Å². The molecule has 6 heteroatoms. The van der Waals surface area contributed by atoms with Crippen LogP contribution in [-0.2, 0) is 13.2 Å². The van der Waals surface area contributed by atoms with Gasteiger partial charge in [-0.05, 0) is 48.2 Å². The maximum absolute atomic E-state index is 6.47. The summed E-state index contributed by atoms with van der Waals surface area (Å²) in [6, 6.07) is 12.1. The molecule has 1 fully saturated rings. The second-order valence-electron chi connectivity index (χ2n) is 6.74. The standard InChI is InChI=1S/C21H25Cl2NO2.ClH/c1-25-20-12-16(13-24-18-5-3-2-4-6-18)11-19(23)21(20)26-14-15-7-9-17(22)10-8-15;/h7-12,18,24H,2-6,13-14H2,1H3;1H. The number of nitrogens with one attached hydrogen (secondary N) is 1. The van der Waals surface area contributed by atoms with Crippen LogP contribution in [0.2, 0.25) is 10.0 Å². The lowest BCUT2D eigenvalue weighted by atomic mass is 9.95. The van der Waals surface area contributed by atoms with Gasteiger partial charge in [0.2, 0.25) is 0 Å². The Hall–Kier alpha value is -1.13. The van der Waals surface area contributed by atoms with E-state index in [-0.39, 0.29) is 12.4 Å². The van der Waals surface area contributed by atoms with Gasteiger partial charge in [0, 0.05) is 17.6 Å². The molecule has 0 unspecified atom stereocenters. The Bertz CT molecular complexity index is 716. The van der Waals surface area contributed by atoms with Crippen LogP contribution in [0, 0.1) is 0 Å². The van der Waals surface area contributed by atoms with Crippen LogP contribution in [0.4, 0.5) is 0 Å². The van der Waals surface area contributed by atoms with Crippen molar-refractivity contribution in [2.45, 2.75) is 51.3 Å². The Morgan fingerprint density at radius 2 is 1.70 bits per heavy atom. The van der Waals surface area contributed by atoms with E-state index in [1.54, 1.807) is 7.11 Å². The van der Waals surface area contributed by atoms with Crippen LogP contribution >= 0.6 is 35.6 Å². The van der Waals surface area contributed by atoms with Gasteiger partial charge in [0.05, 0.1) is 12.1 Å². The quantitative estimate of drug-likeness (QED) is 0.549. The number of rotatable bonds is 7. The predicted octanol–water partition coefficient (Wildman–Crippen LogP) is 6.43. The fourth-order valence-corrected chi connectivity index (χ4v) is 3.73. The predicted molar refractivity (Wildman–Crippen MR) is 115 cm³/mol. The molecule has 3 rings (SSSR count). The minimum absolute atomic E-state index is 0. The molecule has 27 heavy (non-hydrogen) atoms. The highest BCUT2D eigenvalue weighted by molar-refractivity contribution is 6.32. The number of ether oxygens (including phenoxy) is 2. The van der Waals surface area contributed by atoms with Crippen molar-refractivity contribution in [3.8, 4) is 11.5 Å². The van der Waals surface area contributed by atoms with Crippen molar-refractivity contribution in [3.05, 3.63) is 57.6 Å². The lowest BCUT2D eigenvalue weighted by Gasteiger charge is -2.23. The SMILES string of the molecule is COc1cc(CNC2CCCCC2)cc(Cl)c1OCc1ccc(Cl)cc1.Cl. The number of halogens is 3. The molecule has 0 spiro atoms. The first kappa shape index (κ1) is 22.2. The molecule has 0 atom stereocenters. The zero-order valence-electron chi connectivity index (χ0n) is 15.5. The summed E-state index contributed by atoms with van der Waals surface area (Å²) in [4.78, 5) is 0. The van der Waals surface area contributed by atoms with Gasteiger partial charge in [-0.1, -0.05) is 54.6 Å². The van der Waals surface area contributed by atoms with Crippen LogP contribution in [0.5, 0.6) is 11.5 Å². The van der Waals surface area contributed by atoms with Gasteiger partial charge in [-0.2, -0.15) is 0 Å². The summed E-state index contributed by atoms with van der Waals surface area (Å²) in [5.74, 6) is 1.23. The molecule has 0 aliphatic heterocycles. The third-order valence-electron chi connectivity index (χ3n) is 4.79. The fraction of sp³-hybridized carbons (Fsp3) is 0.429. The summed E-state index contributed by atoms with van der Waals surface area (Å²) < 4.78 is 11.4. The maximum Gasteiger partial charge on any atom is 0.180 e. The van der Waals surface area contributed by atoms with Crippen LogP contribution in [0.1, 0.15) is 43.2 Å². The maximum atomic E-state index is 6.47. The largest absolute Gasteiger partial charge is 0.493 e. The van der Waals surface area contributed by atoms with Crippen molar-refractivity contribution < 1.29 is 9.47 Å². The zero-order chi connectivity index (χ0) is 18.4. The molecule has 0 amide bonds. The van der Waals surface area contributed by atoms with E-state index >= 15 is 0 Å². The first-order chi connectivity index (χ1) is 12.7. The lowest BCUT2D eigenvalue weighted by molar-refractivity contribution is 0.284. The molecule has 0 radical (unpaired) electrons. The number of hydrogen-bond acceptors (Lipinski definition) is 3. The Morgan fingerprint density at radius 3 is 2.37 bits per heavy atom. The van der Waals surface area contributed by atoms with E-state index in [0.717, 1.165) is 17.7 Å². The van der Waals surface area contributed by atoms with Crippen molar-refractivity contribution >= 4 is 35.6 Å². The van der Waals surface area contributed by atoms with Crippen LogP contribution in [0.25, 0.3) is 0 Å². The minimum atomic E-state index is 0. The highest BCUT2D eigenvalue weighted by Gasteiger charge is 2.15. The molecule has 0 bridgehead atoms. The summed E-state index contributed by atoms with van der Waals surface area (Å²) in [6.45, 7) is 1.20. The molecule has 1 aliphatic rings. The van der Waals surface area contributed by atoms with Gasteiger partial charge in [0.15, 0.2) is 11.5 Å². The molecular weight excluding hydrogens is 405 g/mol. The van der Waals surface area contributed by atoms with Crippen molar-refractivity contribution in [2.75, 3.05) is 7.11 Å². The second kappa shape index (κ2) is 11.0. The van der Waals surface area contributed by atoms with E-state index in [1.807, 2.05) is 36.4 Å². The van der Waals surface area contributed by atoms with Gasteiger partial charge in [-0.15, -0.1) is 12.4 Å². The third kappa shape index (κ3) is 6.46. The highest BCUT2D eigenvalue weighted by atomic mass is 35.5. The topological polar surface area (TPSA) is 30.5 Å². The van der Waals surface area contributed by atoms with Crippen LogP contribution in [0.15, 0.2) is 36.4 Å². The van der Waals surface area contributed by atoms with E-state index in [0.29, 0.717) is 34.2 Å². The molecule has 2 aromatic carbocycles. The van der Waals surface area contributed by atoms with E-state index in [2.05, 4.69) is 5.32 Å². The molecule has 3 nitrogen and oxygen atoms in total. The average molecular weight is 431 g/mol. The van der Waals surface area contributed by atoms with Crippen LogP contribution < -0.4 is 14.8 Å². The molecule has 0 saturated heterocycles. The molecular formula is C21H26Cl3NO2. The number of hydrogen-bond donors (Lipinski definition) is 1. The summed E-state index contributed by atoms with van der Waals surface area (Å²) in [6.07, 6.45) is 6.51. The van der Waals surface area contributed by atoms with Crippen molar-refractivity contribution in [2.24, 2.45) is 0 Å². The third-order valence-corrected chi connectivity index (χ3v) is 5.32. The number of benzene rings is 2. The molecule has 0 heterocycles. The van der Waals surface area contributed by atoms with Gasteiger partial charge >= 0.3 is 0 Å². The van der Waals surface area contributed by atoms with Gasteiger partial charge in [-0.25, -0.2) is 0 Å². The average Bonchev–Trinajstić information content (AvgIpc) is 2.67. The fourth-order valence-electron chi connectivity index (χ4n) is 3.32. The summed E-state index contributed by atoms with van der Waals surface area (Å²) >= 11 is 12.4. The molecule has 1 saturated carbocycles. The summed E-state index contributed by atoms with van der Waals surface area (Å²) in [5.41, 5.74) is 2.13. The second-order valence-corrected chi connectivity index (χ2v) is 7.58. The molecule has 148 valence electrons. The summed E-state index contributed by atoms with van der Waals surface area (Å²) in [5, 5.41) is 4.91. The van der Waals surface area contributed by atoms with Crippen molar-refractivity contribution in [3.63, 3.8) is 0 Å². The first-order valence-electron chi connectivity index (χ1n) is 9.13. The van der Waals surface area contributed by atoms with Gasteiger partial charge in [0.25, 0.3) is 0 Å². The van der Waals surface area contributed by atoms with E-state index in [4.69, 9.17) is 32.7 Å². The van der Waals surface area contributed by atoms with E-state index < -0.39 is 0 Å². The molecule has 1 aliphatic carbocycles. The lowest BCUT2D eigenvalue weighted by Crippen LogP contribution is -2.30. The summed E-state index contributed by atoms with van der Waals surface area (Å²) in [7, 11) is 1.64. The van der Waals surface area contributed by atoms with Crippen molar-refractivity contribution in [1.29, 1.82) is 0 Å². The Balaban J connectivity index is 0.00000261. The normalized spacial score (nSPS) is 14.5. The molecule has 2 aromatic rings. The van der Waals surface area contributed by atoms with E-state index in [1.165, 1.54) is 32.1 Å². The highest BCUT2D eigenvalue weighted by Crippen LogP contribution is 2.37. The Kier molecular flexibility index (Phi) is 9.04. The van der Waals surface area contributed by atoms with Crippen LogP contribution in [-0.4, -0.2) is 13.2 Å². The zero-order valence-corrected chi connectivity index (χ0v) is 17.8. The van der Waals surface area contributed by atoms with E-state index in [9.17, 15) is 0 Å². The van der Waals surface area contributed by atoms with Crippen molar-refractivity contribution in [1.82, 2.24) is 5.32 Å². The van der Waals surface area contributed by atoms with Crippen LogP contribution in [0.3, 0.4) is 0 Å². The molecule has 0 aromatic heterocycles. The van der Waals surface area contributed by atoms with Gasteiger partial charge in [-0.3, -0.25) is 0 Å². The number of methoxy groups -OCH3 is 1. The smallest absolute Gasteiger partial charge is 0.180 e. The minimum Gasteiger partial charge on any atom is -0.493 e. The Labute approximate surface area is 177 Å². The Morgan fingerprint density at radius 1 is 1.00 bits per heavy atom. The van der Waals surface area contributed by atoms with Gasteiger partial charge < -0.3 is 14.8 Å². The first-order valence-corrected chi connectivity index (χ1v) is 9.88.